The maximum atomic E-state index is 11.7. The van der Waals surface area contributed by atoms with Crippen LogP contribution in [0.3, 0.4) is 0 Å². The molecule has 0 amide bonds. The minimum Gasteiger partial charge on any atom is -0.461 e. The van der Waals surface area contributed by atoms with Crippen molar-refractivity contribution in [3.8, 4) is 0 Å². The molecule has 0 saturated heterocycles. The molecule has 0 atom stereocenters. The monoisotopic (exact) mass is 302 g/mol. The first-order valence-corrected chi connectivity index (χ1v) is 7.37. The van der Waals surface area contributed by atoms with Crippen molar-refractivity contribution in [1.29, 1.82) is 0 Å². The Labute approximate surface area is 130 Å². The van der Waals surface area contributed by atoms with Crippen LogP contribution in [0.4, 0.5) is 0 Å². The molecule has 5 heteroatoms. The van der Waals surface area contributed by atoms with Gasteiger partial charge in [-0.05, 0) is 18.6 Å². The Bertz CT molecular complexity index is 605. The van der Waals surface area contributed by atoms with Crippen LogP contribution < -0.4 is 0 Å². The standard InChI is InChI=1S/C17H22N2O3/c1-4-22-16(20)14-10-15(19-18-14)17(2,3)12-21-11-13-8-6-5-7-9-13/h5-10H,4,11-12H2,1-3H3,(H,18,19). The van der Waals surface area contributed by atoms with Gasteiger partial charge < -0.3 is 9.47 Å². The van der Waals surface area contributed by atoms with Crippen LogP contribution in [0.2, 0.25) is 0 Å². The van der Waals surface area contributed by atoms with Crippen LogP contribution in [0, 0.1) is 0 Å². The quantitative estimate of drug-likeness (QED) is 0.798. The molecule has 0 bridgehead atoms. The SMILES string of the molecule is CCOC(=O)c1cc(C(C)(C)COCc2ccccc2)n[nH]1. The van der Waals surface area contributed by atoms with Gasteiger partial charge in [-0.2, -0.15) is 5.10 Å². The number of nitrogens with one attached hydrogen (secondary N) is 1. The smallest absolute Gasteiger partial charge is 0.356 e. The van der Waals surface area contributed by atoms with E-state index in [9.17, 15) is 4.79 Å². The van der Waals surface area contributed by atoms with E-state index >= 15 is 0 Å². The summed E-state index contributed by atoms with van der Waals surface area (Å²) in [6.07, 6.45) is 0. The molecule has 2 rings (SSSR count). The first kappa shape index (κ1) is 16.2. The molecule has 0 fully saturated rings. The summed E-state index contributed by atoms with van der Waals surface area (Å²) in [4.78, 5) is 11.7. The van der Waals surface area contributed by atoms with Crippen molar-refractivity contribution in [2.75, 3.05) is 13.2 Å². The first-order valence-electron chi connectivity index (χ1n) is 7.37. The predicted octanol–water partition coefficient (Wildman–Crippen LogP) is 3.08. The van der Waals surface area contributed by atoms with Crippen LogP contribution in [0.15, 0.2) is 36.4 Å². The molecule has 2 aromatic rings. The Hall–Kier alpha value is -2.14. The lowest BCUT2D eigenvalue weighted by Crippen LogP contribution is -2.24. The summed E-state index contributed by atoms with van der Waals surface area (Å²) >= 11 is 0. The van der Waals surface area contributed by atoms with Crippen molar-refractivity contribution in [2.45, 2.75) is 32.8 Å². The van der Waals surface area contributed by atoms with Gasteiger partial charge in [0.2, 0.25) is 0 Å². The van der Waals surface area contributed by atoms with Crippen LogP contribution in [-0.4, -0.2) is 29.4 Å². The highest BCUT2D eigenvalue weighted by Crippen LogP contribution is 2.23. The van der Waals surface area contributed by atoms with E-state index in [0.29, 0.717) is 25.5 Å². The Morgan fingerprint density at radius 3 is 2.68 bits per heavy atom. The number of esters is 1. The predicted molar refractivity (Wildman–Crippen MR) is 83.7 cm³/mol. The fraction of sp³-hybridized carbons (Fsp3) is 0.412. The van der Waals surface area contributed by atoms with E-state index < -0.39 is 0 Å². The Balaban J connectivity index is 1.93. The van der Waals surface area contributed by atoms with Gasteiger partial charge in [0.15, 0.2) is 0 Å². The first-order chi connectivity index (χ1) is 10.5. The molecule has 118 valence electrons. The molecule has 1 aromatic carbocycles. The van der Waals surface area contributed by atoms with Gasteiger partial charge in [0.25, 0.3) is 0 Å². The molecule has 0 spiro atoms. The van der Waals surface area contributed by atoms with E-state index in [2.05, 4.69) is 10.2 Å². The van der Waals surface area contributed by atoms with Crippen LogP contribution in [0.5, 0.6) is 0 Å². The van der Waals surface area contributed by atoms with Crippen molar-refractivity contribution in [2.24, 2.45) is 0 Å². The van der Waals surface area contributed by atoms with Crippen molar-refractivity contribution in [1.82, 2.24) is 10.2 Å². The van der Waals surface area contributed by atoms with Gasteiger partial charge in [0.05, 0.1) is 25.5 Å². The molecule has 1 N–H and O–H groups in total. The lowest BCUT2D eigenvalue weighted by Gasteiger charge is -2.22. The van der Waals surface area contributed by atoms with E-state index in [-0.39, 0.29) is 11.4 Å². The molecule has 0 aliphatic rings. The number of hydrogen-bond acceptors (Lipinski definition) is 4. The van der Waals surface area contributed by atoms with Gasteiger partial charge in [0, 0.05) is 5.41 Å². The summed E-state index contributed by atoms with van der Waals surface area (Å²) in [5.74, 6) is -0.387. The van der Waals surface area contributed by atoms with Crippen LogP contribution in [-0.2, 0) is 21.5 Å². The fourth-order valence-corrected chi connectivity index (χ4v) is 2.05. The van der Waals surface area contributed by atoms with E-state index in [1.54, 1.807) is 13.0 Å². The summed E-state index contributed by atoms with van der Waals surface area (Å²) < 4.78 is 10.7. The van der Waals surface area contributed by atoms with E-state index in [1.165, 1.54) is 0 Å². The zero-order valence-electron chi connectivity index (χ0n) is 13.3. The summed E-state index contributed by atoms with van der Waals surface area (Å²) in [6, 6.07) is 11.7. The second kappa shape index (κ2) is 7.22. The van der Waals surface area contributed by atoms with E-state index in [4.69, 9.17) is 9.47 Å². The van der Waals surface area contributed by atoms with E-state index in [0.717, 1.165) is 11.3 Å². The lowest BCUT2D eigenvalue weighted by atomic mass is 9.90. The molecule has 1 aromatic heterocycles. The molecule has 0 saturated carbocycles. The third-order valence-corrected chi connectivity index (χ3v) is 3.34. The maximum Gasteiger partial charge on any atom is 0.356 e. The summed E-state index contributed by atoms with van der Waals surface area (Å²) in [7, 11) is 0. The zero-order valence-corrected chi connectivity index (χ0v) is 13.3. The molecule has 5 nitrogen and oxygen atoms in total. The summed E-state index contributed by atoms with van der Waals surface area (Å²) in [5.41, 5.74) is 1.99. The van der Waals surface area contributed by atoms with Gasteiger partial charge in [-0.15, -0.1) is 0 Å². The number of rotatable bonds is 7. The van der Waals surface area contributed by atoms with Crippen molar-refractivity contribution in [3.63, 3.8) is 0 Å². The second-order valence-corrected chi connectivity index (χ2v) is 5.75. The van der Waals surface area contributed by atoms with Gasteiger partial charge in [-0.25, -0.2) is 4.79 Å². The highest BCUT2D eigenvalue weighted by molar-refractivity contribution is 5.87. The maximum absolute atomic E-state index is 11.7. The molecule has 1 heterocycles. The molecule has 0 unspecified atom stereocenters. The number of carbonyl (C=O) groups excluding carboxylic acids is 1. The van der Waals surface area contributed by atoms with Crippen LogP contribution >= 0.6 is 0 Å². The van der Waals surface area contributed by atoms with Crippen LogP contribution in [0.25, 0.3) is 0 Å². The fourth-order valence-electron chi connectivity index (χ4n) is 2.05. The average molecular weight is 302 g/mol. The van der Waals surface area contributed by atoms with Crippen molar-refractivity contribution >= 4 is 5.97 Å². The van der Waals surface area contributed by atoms with Crippen LogP contribution in [0.1, 0.15) is 42.5 Å². The van der Waals surface area contributed by atoms with Gasteiger partial charge in [-0.1, -0.05) is 44.2 Å². The molecule has 22 heavy (non-hydrogen) atoms. The number of carbonyl (C=O) groups is 1. The third-order valence-electron chi connectivity index (χ3n) is 3.34. The van der Waals surface area contributed by atoms with Crippen molar-refractivity contribution in [3.05, 3.63) is 53.3 Å². The minimum atomic E-state index is -0.387. The normalized spacial score (nSPS) is 11.4. The second-order valence-electron chi connectivity index (χ2n) is 5.75. The van der Waals surface area contributed by atoms with Gasteiger partial charge in [-0.3, -0.25) is 5.10 Å². The lowest BCUT2D eigenvalue weighted by molar-refractivity contribution is 0.0519. The number of aromatic amines is 1. The summed E-state index contributed by atoms with van der Waals surface area (Å²) in [6.45, 7) is 7.24. The van der Waals surface area contributed by atoms with Crippen molar-refractivity contribution < 1.29 is 14.3 Å². The number of ether oxygens (including phenoxy) is 2. The van der Waals surface area contributed by atoms with Gasteiger partial charge >= 0.3 is 5.97 Å². The highest BCUT2D eigenvalue weighted by Gasteiger charge is 2.25. The molecular weight excluding hydrogens is 280 g/mol. The number of benzene rings is 1. The largest absolute Gasteiger partial charge is 0.461 e. The molecule has 0 aliphatic carbocycles. The Kier molecular flexibility index (Phi) is 5.33. The topological polar surface area (TPSA) is 64.2 Å². The number of hydrogen-bond donors (Lipinski definition) is 1. The third kappa shape index (κ3) is 4.18. The molecular formula is C17H22N2O3. The highest BCUT2D eigenvalue weighted by atomic mass is 16.5. The minimum absolute atomic E-state index is 0.296. The average Bonchev–Trinajstić information content (AvgIpc) is 2.99. The molecule has 0 radical (unpaired) electrons. The number of aromatic nitrogens is 2. The summed E-state index contributed by atoms with van der Waals surface area (Å²) in [5, 5.41) is 6.94. The Morgan fingerprint density at radius 1 is 1.27 bits per heavy atom. The molecule has 0 aliphatic heterocycles. The zero-order chi connectivity index (χ0) is 16.0. The number of H-pyrrole nitrogens is 1. The Morgan fingerprint density at radius 2 is 2.00 bits per heavy atom. The van der Waals surface area contributed by atoms with Gasteiger partial charge in [0.1, 0.15) is 5.69 Å². The van der Waals surface area contributed by atoms with E-state index in [1.807, 2.05) is 44.2 Å². The number of nitrogens with zero attached hydrogens (tertiary/aromatic N) is 1.